The third-order valence-electron chi connectivity index (χ3n) is 6.34. The number of hydrogen-bond donors (Lipinski definition) is 9. The lowest BCUT2D eigenvalue weighted by Gasteiger charge is -2.25. The first-order chi connectivity index (χ1) is 19.8. The number of nitrogens with two attached hydrogens (primary N) is 3. The molecule has 0 aliphatic heterocycles. The molecule has 12 N–H and O–H groups in total. The lowest BCUT2D eigenvalue weighted by atomic mass is 10.0. The molecule has 0 aliphatic rings. The van der Waals surface area contributed by atoms with Gasteiger partial charge < -0.3 is 48.3 Å². The van der Waals surface area contributed by atoms with Crippen LogP contribution in [0.25, 0.3) is 10.9 Å². The van der Waals surface area contributed by atoms with Crippen LogP contribution in [0.5, 0.6) is 0 Å². The van der Waals surface area contributed by atoms with E-state index in [-0.39, 0.29) is 32.1 Å². The molecule has 16 heteroatoms. The van der Waals surface area contributed by atoms with E-state index in [0.29, 0.717) is 0 Å². The number of fused-ring (bicyclic) bond motifs is 1. The van der Waals surface area contributed by atoms with Gasteiger partial charge in [0.05, 0.1) is 6.04 Å². The number of carboxylic acid groups (broad SMARTS) is 2. The molecule has 0 radical (unpaired) electrons. The minimum atomic E-state index is -1.55. The molecule has 4 atom stereocenters. The molecule has 2 rings (SSSR count). The molecule has 228 valence electrons. The Bertz CT molecular complexity index is 1330. The molecule has 1 aromatic carbocycles. The highest BCUT2D eigenvalue weighted by atomic mass is 16.4. The summed E-state index contributed by atoms with van der Waals surface area (Å²) in [7, 11) is 0. The van der Waals surface area contributed by atoms with Gasteiger partial charge >= 0.3 is 11.9 Å². The van der Waals surface area contributed by atoms with Crippen LogP contribution in [0, 0.1) is 0 Å². The molecule has 0 spiro atoms. The second-order valence-corrected chi connectivity index (χ2v) is 9.63. The van der Waals surface area contributed by atoms with Crippen LogP contribution in [0.3, 0.4) is 0 Å². The van der Waals surface area contributed by atoms with E-state index in [4.69, 9.17) is 22.3 Å². The zero-order valence-corrected chi connectivity index (χ0v) is 22.6. The quantitative estimate of drug-likeness (QED) is 0.0918. The highest BCUT2D eigenvalue weighted by Gasteiger charge is 2.31. The molecule has 0 saturated heterocycles. The number of benzene rings is 1. The van der Waals surface area contributed by atoms with E-state index in [2.05, 4.69) is 20.9 Å². The van der Waals surface area contributed by atoms with Crippen molar-refractivity contribution in [3.05, 3.63) is 36.0 Å². The minimum Gasteiger partial charge on any atom is -0.481 e. The van der Waals surface area contributed by atoms with Crippen molar-refractivity contribution in [1.29, 1.82) is 0 Å². The zero-order valence-electron chi connectivity index (χ0n) is 22.6. The number of amides is 5. The van der Waals surface area contributed by atoms with Crippen molar-refractivity contribution < 1.29 is 43.8 Å². The largest absolute Gasteiger partial charge is 0.481 e. The maximum atomic E-state index is 13.2. The normalized spacial score (nSPS) is 13.7. The van der Waals surface area contributed by atoms with E-state index in [9.17, 15) is 38.7 Å². The predicted octanol–water partition coefficient (Wildman–Crippen LogP) is -2.03. The van der Waals surface area contributed by atoms with Gasteiger partial charge in [0, 0.05) is 36.4 Å². The Balaban J connectivity index is 2.17. The second kappa shape index (κ2) is 15.7. The average molecular weight is 590 g/mol. The smallest absolute Gasteiger partial charge is 0.326 e. The summed E-state index contributed by atoms with van der Waals surface area (Å²) in [6.45, 7) is 0. The first-order valence-electron chi connectivity index (χ1n) is 13.0. The first kappa shape index (κ1) is 33.2. The van der Waals surface area contributed by atoms with Crippen molar-refractivity contribution in [3.63, 3.8) is 0 Å². The van der Waals surface area contributed by atoms with Gasteiger partial charge in [-0.25, -0.2) is 4.79 Å². The average Bonchev–Trinajstić information content (AvgIpc) is 3.32. The molecular formula is C26H35N7O9. The van der Waals surface area contributed by atoms with Crippen molar-refractivity contribution in [3.8, 4) is 0 Å². The maximum Gasteiger partial charge on any atom is 0.326 e. The number of rotatable bonds is 18. The summed E-state index contributed by atoms with van der Waals surface area (Å²) in [5.41, 5.74) is 17.9. The van der Waals surface area contributed by atoms with Gasteiger partial charge in [-0.1, -0.05) is 18.2 Å². The first-order valence-corrected chi connectivity index (χ1v) is 13.0. The number of carboxylic acids is 2. The van der Waals surface area contributed by atoms with Crippen LogP contribution in [-0.4, -0.2) is 80.8 Å². The summed E-state index contributed by atoms with van der Waals surface area (Å²) in [6, 6.07) is 1.75. The fraction of sp³-hybridized carbons (Fsp3) is 0.423. The van der Waals surface area contributed by atoms with E-state index >= 15 is 0 Å². The van der Waals surface area contributed by atoms with Crippen LogP contribution in [0.2, 0.25) is 0 Å². The Hall–Kier alpha value is -4.99. The van der Waals surface area contributed by atoms with Crippen LogP contribution in [0.4, 0.5) is 0 Å². The Morgan fingerprint density at radius 2 is 1.24 bits per heavy atom. The molecule has 0 aliphatic carbocycles. The summed E-state index contributed by atoms with van der Waals surface area (Å²) in [5, 5.41) is 26.2. The Morgan fingerprint density at radius 3 is 1.79 bits per heavy atom. The van der Waals surface area contributed by atoms with Crippen molar-refractivity contribution in [2.75, 3.05) is 0 Å². The predicted molar refractivity (Wildman–Crippen MR) is 147 cm³/mol. The molecule has 5 amide bonds. The number of carbonyl (C=O) groups is 7. The van der Waals surface area contributed by atoms with Crippen molar-refractivity contribution in [2.24, 2.45) is 17.2 Å². The molecule has 0 bridgehead atoms. The number of primary amides is 2. The van der Waals surface area contributed by atoms with E-state index in [0.717, 1.165) is 16.5 Å². The van der Waals surface area contributed by atoms with Gasteiger partial charge in [0.1, 0.15) is 18.1 Å². The molecular weight excluding hydrogens is 554 g/mol. The Kier molecular flexibility index (Phi) is 12.4. The summed E-state index contributed by atoms with van der Waals surface area (Å²) in [5.74, 6) is -7.10. The molecule has 1 aromatic heterocycles. The SMILES string of the molecule is NC(=O)CCC(NC(=O)C(CCC(=O)O)NC(=O)C(CCC(N)=O)NC(=O)C(N)Cc1c[nH]c2ccccc12)C(=O)O. The number of aromatic nitrogens is 1. The number of H-pyrrole nitrogens is 1. The molecule has 42 heavy (non-hydrogen) atoms. The van der Waals surface area contributed by atoms with Crippen LogP contribution >= 0.6 is 0 Å². The topological polar surface area (TPSA) is 290 Å². The molecule has 0 fully saturated rings. The fourth-order valence-electron chi connectivity index (χ4n) is 4.09. The van der Waals surface area contributed by atoms with Crippen LogP contribution in [0.15, 0.2) is 30.5 Å². The third-order valence-corrected chi connectivity index (χ3v) is 6.34. The standard InChI is InChI=1S/C26H35N7O9/c27-15(11-13-12-30-16-4-2-1-3-14(13)16)23(38)31-17(5-8-20(28)34)24(39)32-18(7-10-22(36)37)25(40)33-19(26(41)42)6-9-21(29)35/h1-4,12,15,17-19,30H,5-11,27H2,(H2,28,34)(H2,29,35)(H,31,38)(H,32,39)(H,33,40)(H,36,37)(H,41,42). The Labute approximate surface area is 239 Å². The van der Waals surface area contributed by atoms with E-state index in [1.165, 1.54) is 0 Å². The fourth-order valence-corrected chi connectivity index (χ4v) is 4.09. The lowest BCUT2D eigenvalue weighted by molar-refractivity contribution is -0.143. The van der Waals surface area contributed by atoms with Crippen LogP contribution in [-0.2, 0) is 40.0 Å². The molecule has 1 heterocycles. The zero-order chi connectivity index (χ0) is 31.4. The van der Waals surface area contributed by atoms with Gasteiger partial charge in [-0.05, 0) is 37.3 Å². The monoisotopic (exact) mass is 589 g/mol. The molecule has 4 unspecified atom stereocenters. The summed E-state index contributed by atoms with van der Waals surface area (Å²) >= 11 is 0. The molecule has 2 aromatic rings. The van der Waals surface area contributed by atoms with Gasteiger partial charge in [0.15, 0.2) is 0 Å². The van der Waals surface area contributed by atoms with Crippen LogP contribution < -0.4 is 33.2 Å². The van der Waals surface area contributed by atoms with E-state index < -0.39 is 78.5 Å². The summed E-state index contributed by atoms with van der Waals surface area (Å²) in [6.07, 6.45) is -0.505. The van der Waals surface area contributed by atoms with Gasteiger partial charge in [-0.15, -0.1) is 0 Å². The molecule has 0 saturated carbocycles. The number of aromatic amines is 1. The van der Waals surface area contributed by atoms with Crippen molar-refractivity contribution in [2.45, 2.75) is 69.1 Å². The number of aliphatic carboxylic acids is 2. The summed E-state index contributed by atoms with van der Waals surface area (Å²) in [4.78, 5) is 87.2. The van der Waals surface area contributed by atoms with Crippen molar-refractivity contribution >= 4 is 52.4 Å². The number of hydrogen-bond acceptors (Lipinski definition) is 8. The number of para-hydroxylation sites is 1. The van der Waals surface area contributed by atoms with E-state index in [1.807, 2.05) is 24.3 Å². The molecule has 16 nitrogen and oxygen atoms in total. The van der Waals surface area contributed by atoms with E-state index in [1.54, 1.807) is 6.20 Å². The lowest BCUT2D eigenvalue weighted by Crippen LogP contribution is -2.57. The third kappa shape index (κ3) is 10.5. The second-order valence-electron chi connectivity index (χ2n) is 9.63. The van der Waals surface area contributed by atoms with Gasteiger partial charge in [0.25, 0.3) is 0 Å². The van der Waals surface area contributed by atoms with Crippen molar-refractivity contribution in [1.82, 2.24) is 20.9 Å². The van der Waals surface area contributed by atoms with Gasteiger partial charge in [-0.2, -0.15) is 0 Å². The Morgan fingerprint density at radius 1 is 0.738 bits per heavy atom. The maximum absolute atomic E-state index is 13.2. The van der Waals surface area contributed by atoms with Gasteiger partial charge in [0.2, 0.25) is 29.5 Å². The van der Waals surface area contributed by atoms with Crippen LogP contribution in [0.1, 0.15) is 44.1 Å². The summed E-state index contributed by atoms with van der Waals surface area (Å²) < 4.78 is 0. The van der Waals surface area contributed by atoms with Gasteiger partial charge in [-0.3, -0.25) is 28.8 Å². The number of nitrogens with one attached hydrogen (secondary N) is 4. The number of carbonyl (C=O) groups excluding carboxylic acids is 5. The highest BCUT2D eigenvalue weighted by molar-refractivity contribution is 5.95. The minimum absolute atomic E-state index is 0.103. The highest BCUT2D eigenvalue weighted by Crippen LogP contribution is 2.19.